The Kier molecular flexibility index (Phi) is 3.39. The van der Waals surface area contributed by atoms with Gasteiger partial charge in [0.15, 0.2) is 0 Å². The lowest BCUT2D eigenvalue weighted by molar-refractivity contribution is 0.169. The molecule has 4 unspecified atom stereocenters. The summed E-state index contributed by atoms with van der Waals surface area (Å²) >= 11 is 0. The van der Waals surface area contributed by atoms with Gasteiger partial charge in [0.1, 0.15) is 0 Å². The molecule has 0 nitrogen and oxygen atoms in total. The summed E-state index contributed by atoms with van der Waals surface area (Å²) in [5, 5.41) is 0. The van der Waals surface area contributed by atoms with Crippen LogP contribution < -0.4 is 0 Å². The Morgan fingerprint density at radius 1 is 1.06 bits per heavy atom. The molecule has 0 amide bonds. The van der Waals surface area contributed by atoms with Gasteiger partial charge in [-0.3, -0.25) is 0 Å². The van der Waals surface area contributed by atoms with Gasteiger partial charge in [-0.15, -0.1) is 0 Å². The summed E-state index contributed by atoms with van der Waals surface area (Å²) in [6.45, 7) is 12.4. The lowest BCUT2D eigenvalue weighted by Crippen LogP contribution is -2.24. The van der Waals surface area contributed by atoms with Crippen molar-refractivity contribution >= 4 is 0 Å². The van der Waals surface area contributed by atoms with E-state index in [0.29, 0.717) is 5.41 Å². The smallest absolute Gasteiger partial charge is 0.0300 e. The van der Waals surface area contributed by atoms with E-state index >= 15 is 0 Å². The first-order valence-electron chi connectivity index (χ1n) is 7.46. The monoisotopic (exact) mass is 222 g/mol. The van der Waals surface area contributed by atoms with Gasteiger partial charge in [0.05, 0.1) is 0 Å². The van der Waals surface area contributed by atoms with Crippen molar-refractivity contribution in [2.24, 2.45) is 35.0 Å². The zero-order valence-corrected chi connectivity index (χ0v) is 11.9. The molecule has 0 spiro atoms. The zero-order chi connectivity index (χ0) is 11.9. The van der Waals surface area contributed by atoms with Gasteiger partial charge in [-0.1, -0.05) is 47.5 Å². The van der Waals surface area contributed by atoms with Gasteiger partial charge in [-0.05, 0) is 54.3 Å². The van der Waals surface area contributed by atoms with E-state index < -0.39 is 0 Å². The second-order valence-corrected chi connectivity index (χ2v) is 7.27. The number of rotatable bonds is 4. The van der Waals surface area contributed by atoms with Crippen molar-refractivity contribution in [2.45, 2.75) is 66.7 Å². The van der Waals surface area contributed by atoms with Crippen LogP contribution in [0.5, 0.6) is 0 Å². The van der Waals surface area contributed by atoms with Crippen LogP contribution in [0.15, 0.2) is 0 Å². The van der Waals surface area contributed by atoms with Crippen LogP contribution in [-0.2, 0) is 0 Å². The van der Waals surface area contributed by atoms with Crippen molar-refractivity contribution in [1.82, 2.24) is 0 Å². The average molecular weight is 222 g/mol. The van der Waals surface area contributed by atoms with E-state index in [1.54, 1.807) is 0 Å². The summed E-state index contributed by atoms with van der Waals surface area (Å²) < 4.78 is 0. The van der Waals surface area contributed by atoms with Crippen LogP contribution >= 0.6 is 0 Å². The Bertz CT molecular complexity index is 228. The summed E-state index contributed by atoms with van der Waals surface area (Å²) in [5.74, 6) is 4.92. The van der Waals surface area contributed by atoms with Crippen molar-refractivity contribution in [1.29, 1.82) is 0 Å². The molecular weight excluding hydrogens is 192 g/mol. The molecule has 0 bridgehead atoms. The predicted molar refractivity (Wildman–Crippen MR) is 71.3 cm³/mol. The highest BCUT2D eigenvalue weighted by Gasteiger charge is 2.47. The molecule has 0 radical (unpaired) electrons. The second kappa shape index (κ2) is 4.35. The van der Waals surface area contributed by atoms with Gasteiger partial charge in [-0.2, -0.15) is 0 Å². The third kappa shape index (κ3) is 2.17. The van der Waals surface area contributed by atoms with Gasteiger partial charge in [-0.25, -0.2) is 0 Å². The Morgan fingerprint density at radius 3 is 2.00 bits per heavy atom. The molecule has 2 aliphatic rings. The van der Waals surface area contributed by atoms with E-state index in [4.69, 9.17) is 0 Å². The summed E-state index contributed by atoms with van der Waals surface area (Å²) in [4.78, 5) is 0. The van der Waals surface area contributed by atoms with Gasteiger partial charge in [0.2, 0.25) is 0 Å². The summed E-state index contributed by atoms with van der Waals surface area (Å²) in [6.07, 6.45) is 7.39. The maximum absolute atomic E-state index is 2.54. The minimum Gasteiger partial charge on any atom is -0.0622 e. The van der Waals surface area contributed by atoms with Crippen molar-refractivity contribution in [2.75, 3.05) is 0 Å². The van der Waals surface area contributed by atoms with Gasteiger partial charge >= 0.3 is 0 Å². The molecule has 0 aromatic rings. The van der Waals surface area contributed by atoms with Crippen LogP contribution in [0, 0.1) is 35.0 Å². The van der Waals surface area contributed by atoms with Crippen LogP contribution in [0.4, 0.5) is 0 Å². The SMILES string of the molecule is CC(CC(C)C1(C)CCCC1)C1C(C)C1C. The molecule has 0 saturated heterocycles. The number of hydrogen-bond donors (Lipinski definition) is 0. The van der Waals surface area contributed by atoms with Crippen LogP contribution in [-0.4, -0.2) is 0 Å². The first kappa shape index (κ1) is 12.5. The minimum absolute atomic E-state index is 0.676. The Balaban J connectivity index is 1.85. The molecule has 0 aromatic heterocycles. The molecule has 0 heteroatoms. The lowest BCUT2D eigenvalue weighted by atomic mass is 9.72. The fourth-order valence-corrected chi connectivity index (χ4v) is 4.41. The molecule has 16 heavy (non-hydrogen) atoms. The first-order valence-corrected chi connectivity index (χ1v) is 7.46. The normalized spacial score (nSPS) is 40.7. The fraction of sp³-hybridized carbons (Fsp3) is 1.00. The standard InChI is InChI=1S/C16H30/c1-11(15-13(3)14(15)4)10-12(2)16(5)8-6-7-9-16/h11-15H,6-10H2,1-5H3. The molecule has 2 fully saturated rings. The molecule has 0 N–H and O–H groups in total. The summed E-state index contributed by atoms with van der Waals surface area (Å²) in [6, 6.07) is 0. The van der Waals surface area contributed by atoms with E-state index in [1.165, 1.54) is 32.1 Å². The largest absolute Gasteiger partial charge is 0.0622 e. The van der Waals surface area contributed by atoms with Crippen LogP contribution in [0.2, 0.25) is 0 Å². The highest BCUT2D eigenvalue weighted by molar-refractivity contribution is 4.95. The lowest BCUT2D eigenvalue weighted by Gasteiger charge is -2.33. The Hall–Kier alpha value is 0. The molecule has 2 aliphatic carbocycles. The molecule has 2 rings (SSSR count). The van der Waals surface area contributed by atoms with Crippen molar-refractivity contribution < 1.29 is 0 Å². The average Bonchev–Trinajstić information content (AvgIpc) is 2.65. The molecule has 0 heterocycles. The molecule has 0 aromatic carbocycles. The number of hydrogen-bond acceptors (Lipinski definition) is 0. The Morgan fingerprint density at radius 2 is 1.56 bits per heavy atom. The fourth-order valence-electron chi connectivity index (χ4n) is 4.41. The van der Waals surface area contributed by atoms with E-state index in [9.17, 15) is 0 Å². The van der Waals surface area contributed by atoms with E-state index in [-0.39, 0.29) is 0 Å². The summed E-state index contributed by atoms with van der Waals surface area (Å²) in [5.41, 5.74) is 0.676. The highest BCUT2D eigenvalue weighted by atomic mass is 14.5. The minimum atomic E-state index is 0.676. The van der Waals surface area contributed by atoms with E-state index in [0.717, 1.165) is 29.6 Å². The Labute approximate surface area is 102 Å². The molecular formula is C16H30. The maximum Gasteiger partial charge on any atom is -0.0300 e. The molecule has 2 saturated carbocycles. The van der Waals surface area contributed by atoms with Gasteiger partial charge < -0.3 is 0 Å². The molecule has 94 valence electrons. The van der Waals surface area contributed by atoms with Crippen molar-refractivity contribution in [3.05, 3.63) is 0 Å². The molecule has 0 aliphatic heterocycles. The summed E-state index contributed by atoms with van der Waals surface area (Å²) in [7, 11) is 0. The first-order chi connectivity index (χ1) is 7.46. The van der Waals surface area contributed by atoms with Gasteiger partial charge in [0.25, 0.3) is 0 Å². The third-order valence-corrected chi connectivity index (χ3v) is 6.22. The van der Waals surface area contributed by atoms with Crippen LogP contribution in [0.25, 0.3) is 0 Å². The quantitative estimate of drug-likeness (QED) is 0.618. The zero-order valence-electron chi connectivity index (χ0n) is 11.9. The second-order valence-electron chi connectivity index (χ2n) is 7.27. The predicted octanol–water partition coefficient (Wildman–Crippen LogP) is 5.13. The van der Waals surface area contributed by atoms with Crippen LogP contribution in [0.3, 0.4) is 0 Å². The van der Waals surface area contributed by atoms with Gasteiger partial charge in [0, 0.05) is 0 Å². The van der Waals surface area contributed by atoms with E-state index in [1.807, 2.05) is 0 Å². The maximum atomic E-state index is 2.54. The highest BCUT2D eigenvalue weighted by Crippen LogP contribution is 2.54. The molecule has 4 atom stereocenters. The van der Waals surface area contributed by atoms with Crippen molar-refractivity contribution in [3.8, 4) is 0 Å². The van der Waals surface area contributed by atoms with Crippen molar-refractivity contribution in [3.63, 3.8) is 0 Å². The third-order valence-electron chi connectivity index (χ3n) is 6.22. The topological polar surface area (TPSA) is 0 Å². The van der Waals surface area contributed by atoms with E-state index in [2.05, 4.69) is 34.6 Å². The van der Waals surface area contributed by atoms with Crippen LogP contribution in [0.1, 0.15) is 66.7 Å².